The van der Waals surface area contributed by atoms with Gasteiger partial charge in [-0.2, -0.15) is 0 Å². The Bertz CT molecular complexity index is 392. The van der Waals surface area contributed by atoms with Gasteiger partial charge < -0.3 is 9.84 Å². The maximum absolute atomic E-state index is 13.3. The number of hydrogen-bond acceptors (Lipinski definition) is 2. The van der Waals surface area contributed by atoms with Crippen LogP contribution in [0.2, 0.25) is 0 Å². The Kier molecular flexibility index (Phi) is 3.08. The first-order valence-corrected chi connectivity index (χ1v) is 5.32. The van der Waals surface area contributed by atoms with Gasteiger partial charge in [0.2, 0.25) is 0 Å². The van der Waals surface area contributed by atoms with E-state index in [0.717, 1.165) is 6.42 Å². The fourth-order valence-electron chi connectivity index (χ4n) is 2.05. The van der Waals surface area contributed by atoms with Gasteiger partial charge in [-0.3, -0.25) is 4.79 Å². The second-order valence-corrected chi connectivity index (χ2v) is 3.96. The average molecular weight is 224 g/mol. The molecule has 2 atom stereocenters. The van der Waals surface area contributed by atoms with Crippen molar-refractivity contribution in [2.75, 3.05) is 0 Å². The fourth-order valence-corrected chi connectivity index (χ4v) is 2.05. The molecular formula is C12H13FO3. The van der Waals surface area contributed by atoms with Crippen molar-refractivity contribution in [3.63, 3.8) is 0 Å². The standard InChI is InChI=1S/C12H13FO3/c13-9-5-1-2-6-11(9)16-10-7-3-4-8(10)12(14)15/h1-2,5-6,8,10H,3-4,7H2,(H,14,15). The zero-order chi connectivity index (χ0) is 11.5. The van der Waals surface area contributed by atoms with Crippen LogP contribution in [0.3, 0.4) is 0 Å². The molecule has 1 fully saturated rings. The lowest BCUT2D eigenvalue weighted by atomic mass is 10.1. The molecule has 1 aromatic carbocycles. The van der Waals surface area contributed by atoms with Gasteiger partial charge in [-0.25, -0.2) is 4.39 Å². The van der Waals surface area contributed by atoms with Crippen molar-refractivity contribution >= 4 is 5.97 Å². The molecule has 0 saturated heterocycles. The molecule has 1 aromatic rings. The summed E-state index contributed by atoms with van der Waals surface area (Å²) in [6.45, 7) is 0. The van der Waals surface area contributed by atoms with E-state index < -0.39 is 23.8 Å². The molecule has 1 saturated carbocycles. The number of rotatable bonds is 3. The first-order chi connectivity index (χ1) is 7.68. The van der Waals surface area contributed by atoms with Gasteiger partial charge in [-0.1, -0.05) is 12.1 Å². The number of aliphatic carboxylic acids is 1. The summed E-state index contributed by atoms with van der Waals surface area (Å²) in [5.74, 6) is -1.68. The van der Waals surface area contributed by atoms with Gasteiger partial charge in [0.05, 0.1) is 5.92 Å². The van der Waals surface area contributed by atoms with Crippen molar-refractivity contribution in [1.82, 2.24) is 0 Å². The molecule has 1 N–H and O–H groups in total. The van der Waals surface area contributed by atoms with E-state index in [1.54, 1.807) is 12.1 Å². The predicted molar refractivity (Wildman–Crippen MR) is 55.8 cm³/mol. The first-order valence-electron chi connectivity index (χ1n) is 5.32. The van der Waals surface area contributed by atoms with E-state index in [2.05, 4.69) is 0 Å². The minimum atomic E-state index is -0.862. The van der Waals surface area contributed by atoms with Gasteiger partial charge in [0.15, 0.2) is 11.6 Å². The molecule has 2 unspecified atom stereocenters. The quantitative estimate of drug-likeness (QED) is 0.857. The zero-order valence-electron chi connectivity index (χ0n) is 8.73. The molecule has 0 bridgehead atoms. The van der Waals surface area contributed by atoms with E-state index in [1.807, 2.05) is 0 Å². The lowest BCUT2D eigenvalue weighted by molar-refractivity contribution is -0.144. The SMILES string of the molecule is O=C(O)C1CCCC1Oc1ccccc1F. The second kappa shape index (κ2) is 4.51. The number of carboxylic acid groups (broad SMARTS) is 1. The van der Waals surface area contributed by atoms with Gasteiger partial charge in [-0.15, -0.1) is 0 Å². The van der Waals surface area contributed by atoms with E-state index in [-0.39, 0.29) is 5.75 Å². The van der Waals surface area contributed by atoms with E-state index >= 15 is 0 Å². The summed E-state index contributed by atoms with van der Waals surface area (Å²) in [4.78, 5) is 10.9. The molecular weight excluding hydrogens is 211 g/mol. The van der Waals surface area contributed by atoms with Crippen LogP contribution in [-0.4, -0.2) is 17.2 Å². The molecule has 0 heterocycles. The largest absolute Gasteiger partial charge is 0.486 e. The number of carboxylic acids is 1. The molecule has 86 valence electrons. The maximum atomic E-state index is 13.3. The fraction of sp³-hybridized carbons (Fsp3) is 0.417. The number of halogens is 1. The molecule has 1 aliphatic carbocycles. The molecule has 0 amide bonds. The van der Waals surface area contributed by atoms with Crippen LogP contribution < -0.4 is 4.74 Å². The molecule has 2 rings (SSSR count). The van der Waals surface area contributed by atoms with Gasteiger partial charge in [0.25, 0.3) is 0 Å². The highest BCUT2D eigenvalue weighted by atomic mass is 19.1. The van der Waals surface area contributed by atoms with Gasteiger partial charge in [-0.05, 0) is 31.4 Å². The highest BCUT2D eigenvalue weighted by Crippen LogP contribution is 2.30. The second-order valence-electron chi connectivity index (χ2n) is 3.96. The summed E-state index contributed by atoms with van der Waals surface area (Å²) in [7, 11) is 0. The van der Waals surface area contributed by atoms with Crippen LogP contribution in [0.4, 0.5) is 4.39 Å². The number of para-hydroxylation sites is 1. The highest BCUT2D eigenvalue weighted by Gasteiger charge is 2.34. The third kappa shape index (κ3) is 2.15. The third-order valence-electron chi connectivity index (χ3n) is 2.88. The van der Waals surface area contributed by atoms with Crippen LogP contribution in [0.1, 0.15) is 19.3 Å². The van der Waals surface area contributed by atoms with Crippen LogP contribution in [0.15, 0.2) is 24.3 Å². The predicted octanol–water partition coefficient (Wildman–Crippen LogP) is 2.46. The normalized spacial score (nSPS) is 24.3. The van der Waals surface area contributed by atoms with Crippen molar-refractivity contribution in [3.8, 4) is 5.75 Å². The molecule has 3 nitrogen and oxygen atoms in total. The van der Waals surface area contributed by atoms with Crippen LogP contribution >= 0.6 is 0 Å². The van der Waals surface area contributed by atoms with Crippen LogP contribution in [0.5, 0.6) is 5.75 Å². The van der Waals surface area contributed by atoms with E-state index in [0.29, 0.717) is 12.8 Å². The molecule has 0 spiro atoms. The Hall–Kier alpha value is -1.58. The monoisotopic (exact) mass is 224 g/mol. The molecule has 0 aromatic heterocycles. The first kappa shape index (κ1) is 10.9. The third-order valence-corrected chi connectivity index (χ3v) is 2.88. The Labute approximate surface area is 92.9 Å². The van der Waals surface area contributed by atoms with Crippen molar-refractivity contribution in [2.24, 2.45) is 5.92 Å². The Morgan fingerprint density at radius 1 is 1.38 bits per heavy atom. The minimum absolute atomic E-state index is 0.139. The number of hydrogen-bond donors (Lipinski definition) is 1. The van der Waals surface area contributed by atoms with Crippen LogP contribution in [0.25, 0.3) is 0 Å². The highest BCUT2D eigenvalue weighted by molar-refractivity contribution is 5.71. The molecule has 4 heteroatoms. The van der Waals surface area contributed by atoms with Crippen LogP contribution in [-0.2, 0) is 4.79 Å². The summed E-state index contributed by atoms with van der Waals surface area (Å²) in [6.07, 6.45) is 1.69. The Morgan fingerprint density at radius 3 is 2.81 bits per heavy atom. The molecule has 0 aliphatic heterocycles. The molecule has 0 radical (unpaired) electrons. The smallest absolute Gasteiger partial charge is 0.310 e. The summed E-state index contributed by atoms with van der Waals surface area (Å²) in [5.41, 5.74) is 0. The van der Waals surface area contributed by atoms with Crippen molar-refractivity contribution in [2.45, 2.75) is 25.4 Å². The van der Waals surface area contributed by atoms with Gasteiger partial charge in [0, 0.05) is 0 Å². The van der Waals surface area contributed by atoms with Crippen molar-refractivity contribution in [1.29, 1.82) is 0 Å². The Morgan fingerprint density at radius 2 is 2.12 bits per heavy atom. The lowest BCUT2D eigenvalue weighted by Gasteiger charge is -2.18. The number of ether oxygens (including phenoxy) is 1. The van der Waals surface area contributed by atoms with E-state index in [9.17, 15) is 9.18 Å². The van der Waals surface area contributed by atoms with E-state index in [4.69, 9.17) is 9.84 Å². The van der Waals surface area contributed by atoms with Crippen molar-refractivity contribution < 1.29 is 19.0 Å². The number of carbonyl (C=O) groups is 1. The summed E-state index contributed by atoms with van der Waals surface area (Å²) in [5, 5.41) is 8.96. The van der Waals surface area contributed by atoms with E-state index in [1.165, 1.54) is 12.1 Å². The average Bonchev–Trinajstić information content (AvgIpc) is 2.69. The lowest BCUT2D eigenvalue weighted by Crippen LogP contribution is -2.28. The summed E-state index contributed by atoms with van der Waals surface area (Å²) < 4.78 is 18.7. The molecule has 16 heavy (non-hydrogen) atoms. The van der Waals surface area contributed by atoms with Crippen LogP contribution in [0, 0.1) is 11.7 Å². The number of benzene rings is 1. The van der Waals surface area contributed by atoms with Gasteiger partial charge in [0.1, 0.15) is 6.10 Å². The summed E-state index contributed by atoms with van der Waals surface area (Å²) >= 11 is 0. The van der Waals surface area contributed by atoms with Gasteiger partial charge >= 0.3 is 5.97 Å². The maximum Gasteiger partial charge on any atom is 0.310 e. The van der Waals surface area contributed by atoms with Crippen molar-refractivity contribution in [3.05, 3.63) is 30.1 Å². The molecule has 1 aliphatic rings. The Balaban J connectivity index is 2.10. The topological polar surface area (TPSA) is 46.5 Å². The summed E-state index contributed by atoms with van der Waals surface area (Å²) in [6, 6.07) is 6.07. The zero-order valence-corrected chi connectivity index (χ0v) is 8.73. The minimum Gasteiger partial charge on any atom is -0.486 e.